The van der Waals surface area contributed by atoms with Crippen molar-refractivity contribution < 1.29 is 9.47 Å². The van der Waals surface area contributed by atoms with Gasteiger partial charge in [0.15, 0.2) is 17.3 Å². The van der Waals surface area contributed by atoms with Crippen LogP contribution in [0.15, 0.2) is 28.5 Å². The summed E-state index contributed by atoms with van der Waals surface area (Å²) in [6, 6.07) is 5.74. The number of aromatic nitrogens is 3. The highest BCUT2D eigenvalue weighted by atomic mass is 32.2. The van der Waals surface area contributed by atoms with Crippen LogP contribution in [-0.2, 0) is 0 Å². The fraction of sp³-hybridized carbons (Fsp3) is 0.438. The average molecular weight is 330 g/mol. The summed E-state index contributed by atoms with van der Waals surface area (Å²) in [5.41, 5.74) is 2.18. The molecule has 0 N–H and O–H groups in total. The van der Waals surface area contributed by atoms with Gasteiger partial charge in [-0.25, -0.2) is 0 Å². The molecule has 7 heteroatoms. The summed E-state index contributed by atoms with van der Waals surface area (Å²) in [6.45, 7) is 0. The van der Waals surface area contributed by atoms with Crippen molar-refractivity contribution in [1.29, 1.82) is 0 Å². The number of fused-ring (bicyclic) bond motifs is 2. The number of methoxy groups -OCH3 is 2. The molecule has 2 aromatic rings. The molecule has 0 spiro atoms. The van der Waals surface area contributed by atoms with E-state index in [2.05, 4.69) is 10.2 Å². The van der Waals surface area contributed by atoms with E-state index in [0.717, 1.165) is 23.0 Å². The second-order valence-electron chi connectivity index (χ2n) is 5.63. The lowest BCUT2D eigenvalue weighted by atomic mass is 9.98. The van der Waals surface area contributed by atoms with Gasteiger partial charge in [-0.1, -0.05) is 18.2 Å². The molecule has 1 aliphatic carbocycles. The lowest BCUT2D eigenvalue weighted by molar-refractivity contribution is 0.355. The molecule has 2 heterocycles. The van der Waals surface area contributed by atoms with Gasteiger partial charge in [0.05, 0.1) is 25.2 Å². The van der Waals surface area contributed by atoms with Gasteiger partial charge < -0.3 is 9.47 Å². The summed E-state index contributed by atoms with van der Waals surface area (Å²) in [5.74, 6) is 2.11. The van der Waals surface area contributed by atoms with E-state index >= 15 is 0 Å². The number of hydrogen-bond donors (Lipinski definition) is 0. The molecule has 0 radical (unpaired) electrons. The van der Waals surface area contributed by atoms with E-state index < -0.39 is 0 Å². The highest BCUT2D eigenvalue weighted by Crippen LogP contribution is 2.38. The average Bonchev–Trinajstić information content (AvgIpc) is 3.01. The van der Waals surface area contributed by atoms with E-state index in [1.54, 1.807) is 26.0 Å². The Labute approximate surface area is 138 Å². The van der Waals surface area contributed by atoms with Crippen molar-refractivity contribution in [2.45, 2.75) is 36.1 Å². The van der Waals surface area contributed by atoms with Gasteiger partial charge in [-0.3, -0.25) is 0 Å². The summed E-state index contributed by atoms with van der Waals surface area (Å²) >= 11 is 1.78. The molecule has 120 valence electrons. The summed E-state index contributed by atoms with van der Waals surface area (Å²) in [6.07, 6.45) is 4.75. The summed E-state index contributed by atoms with van der Waals surface area (Å²) in [5, 5.41) is 14.8. The third-order valence-electron chi connectivity index (χ3n) is 4.25. The molecule has 1 atom stereocenters. The topological polar surface area (TPSA) is 61.5 Å². The first-order valence-electron chi connectivity index (χ1n) is 7.72. The van der Waals surface area contributed by atoms with E-state index in [9.17, 15) is 0 Å². The summed E-state index contributed by atoms with van der Waals surface area (Å²) in [4.78, 5) is 0. The largest absolute Gasteiger partial charge is 0.493 e. The highest BCUT2D eigenvalue weighted by molar-refractivity contribution is 8.00. The summed E-state index contributed by atoms with van der Waals surface area (Å²) < 4.78 is 12.5. The Hall–Kier alpha value is -2.02. The molecule has 23 heavy (non-hydrogen) atoms. The lowest BCUT2D eigenvalue weighted by Crippen LogP contribution is -2.26. The molecular formula is C16H18N4O2S. The Morgan fingerprint density at radius 1 is 1.13 bits per heavy atom. The van der Waals surface area contributed by atoms with Gasteiger partial charge in [0.25, 0.3) is 0 Å². The third-order valence-corrected chi connectivity index (χ3v) is 5.51. The van der Waals surface area contributed by atoms with Gasteiger partial charge in [-0.15, -0.1) is 10.2 Å². The van der Waals surface area contributed by atoms with E-state index in [4.69, 9.17) is 14.6 Å². The fourth-order valence-electron chi connectivity index (χ4n) is 3.04. The Morgan fingerprint density at radius 3 is 2.83 bits per heavy atom. The van der Waals surface area contributed by atoms with Gasteiger partial charge >= 0.3 is 0 Å². The number of thioether (sulfide) groups is 1. The van der Waals surface area contributed by atoms with Gasteiger partial charge in [-0.05, 0) is 37.5 Å². The molecule has 1 aromatic carbocycles. The lowest BCUT2D eigenvalue weighted by Gasteiger charge is -2.26. The highest BCUT2D eigenvalue weighted by Gasteiger charge is 2.29. The number of nitrogens with zero attached hydrogens (tertiary/aromatic N) is 4. The van der Waals surface area contributed by atoms with Crippen LogP contribution in [0.4, 0.5) is 0 Å². The first kappa shape index (κ1) is 14.6. The second kappa shape index (κ2) is 5.88. The van der Waals surface area contributed by atoms with Crippen LogP contribution in [0.3, 0.4) is 0 Å². The first-order valence-corrected chi connectivity index (χ1v) is 8.60. The van der Waals surface area contributed by atoms with Crippen molar-refractivity contribution in [2.24, 2.45) is 5.10 Å². The monoisotopic (exact) mass is 330 g/mol. The van der Waals surface area contributed by atoms with Crippen LogP contribution in [0.5, 0.6) is 11.5 Å². The van der Waals surface area contributed by atoms with Crippen molar-refractivity contribution in [3.8, 4) is 22.9 Å². The van der Waals surface area contributed by atoms with E-state index in [1.807, 2.05) is 22.9 Å². The zero-order chi connectivity index (χ0) is 15.8. The van der Waals surface area contributed by atoms with Gasteiger partial charge in [0.1, 0.15) is 0 Å². The smallest absolute Gasteiger partial charge is 0.213 e. The maximum Gasteiger partial charge on any atom is 0.213 e. The number of rotatable bonds is 3. The molecule has 6 nitrogen and oxygen atoms in total. The molecule has 1 aliphatic heterocycles. The van der Waals surface area contributed by atoms with E-state index in [0.29, 0.717) is 16.7 Å². The number of hydrogen-bond acceptors (Lipinski definition) is 6. The Bertz CT molecular complexity index is 771. The number of benzene rings is 1. The van der Waals surface area contributed by atoms with Crippen molar-refractivity contribution in [2.75, 3.05) is 14.2 Å². The molecule has 1 saturated carbocycles. The van der Waals surface area contributed by atoms with Crippen LogP contribution < -0.4 is 9.47 Å². The molecule has 0 unspecified atom stereocenters. The molecule has 1 fully saturated rings. The first-order chi connectivity index (χ1) is 11.3. The standard InChI is InChI=1S/C16H18N4O2S/c1-21-12-8-7-10(9-13(12)22-2)15-17-18-16-20(15)19-11-5-3-4-6-14(11)23-16/h7-9,14H,3-6H2,1-2H3/t14-/m1/s1. The van der Waals surface area contributed by atoms with Crippen LogP contribution >= 0.6 is 11.8 Å². The summed E-state index contributed by atoms with van der Waals surface area (Å²) in [7, 11) is 3.26. The van der Waals surface area contributed by atoms with Crippen molar-refractivity contribution in [1.82, 2.24) is 14.9 Å². The third kappa shape index (κ3) is 2.49. The molecule has 0 amide bonds. The van der Waals surface area contributed by atoms with E-state index in [-0.39, 0.29) is 0 Å². The quantitative estimate of drug-likeness (QED) is 0.865. The SMILES string of the molecule is COc1ccc(-c2nnc3n2N=C2CCCC[C@H]2S3)cc1OC. The van der Waals surface area contributed by atoms with Crippen molar-refractivity contribution in [3.63, 3.8) is 0 Å². The minimum absolute atomic E-state index is 0.471. The van der Waals surface area contributed by atoms with Gasteiger partial charge in [-0.2, -0.15) is 9.78 Å². The van der Waals surface area contributed by atoms with Gasteiger partial charge in [0, 0.05) is 5.56 Å². The van der Waals surface area contributed by atoms with Gasteiger partial charge in [0.2, 0.25) is 5.16 Å². The molecule has 1 aromatic heterocycles. The minimum Gasteiger partial charge on any atom is -0.493 e. The fourth-order valence-corrected chi connectivity index (χ4v) is 4.20. The van der Waals surface area contributed by atoms with Crippen molar-refractivity contribution >= 4 is 17.5 Å². The van der Waals surface area contributed by atoms with Crippen LogP contribution in [0.2, 0.25) is 0 Å². The molecule has 0 saturated heterocycles. The van der Waals surface area contributed by atoms with Crippen LogP contribution in [0.25, 0.3) is 11.4 Å². The predicted octanol–water partition coefficient (Wildman–Crippen LogP) is 3.21. The minimum atomic E-state index is 0.471. The predicted molar refractivity (Wildman–Crippen MR) is 89.5 cm³/mol. The molecular weight excluding hydrogens is 312 g/mol. The Kier molecular flexibility index (Phi) is 3.72. The van der Waals surface area contributed by atoms with Crippen LogP contribution in [0, 0.1) is 0 Å². The molecule has 0 bridgehead atoms. The van der Waals surface area contributed by atoms with E-state index in [1.165, 1.54) is 25.0 Å². The van der Waals surface area contributed by atoms with Crippen LogP contribution in [0.1, 0.15) is 25.7 Å². The molecule has 4 rings (SSSR count). The Balaban J connectivity index is 1.76. The maximum absolute atomic E-state index is 5.38. The maximum atomic E-state index is 5.38. The molecule has 2 aliphatic rings. The zero-order valence-electron chi connectivity index (χ0n) is 13.2. The second-order valence-corrected chi connectivity index (χ2v) is 6.80. The van der Waals surface area contributed by atoms with Crippen LogP contribution in [-0.4, -0.2) is 40.1 Å². The van der Waals surface area contributed by atoms with Crippen molar-refractivity contribution in [3.05, 3.63) is 18.2 Å². The Morgan fingerprint density at radius 2 is 2.00 bits per heavy atom. The number of ether oxygens (including phenoxy) is 2. The zero-order valence-corrected chi connectivity index (χ0v) is 14.0. The normalized spacial score (nSPS) is 19.6.